The van der Waals surface area contributed by atoms with Gasteiger partial charge in [-0.25, -0.2) is 9.24 Å². The molecule has 59 heavy (non-hydrogen) atoms. The summed E-state index contributed by atoms with van der Waals surface area (Å²) in [6.45, 7) is 18.1. The van der Waals surface area contributed by atoms with Crippen LogP contribution >= 0.6 is 11.6 Å². The zero-order valence-electron chi connectivity index (χ0n) is 33.1. The lowest BCUT2D eigenvalue weighted by Crippen LogP contribution is -2.74. The van der Waals surface area contributed by atoms with E-state index in [2.05, 4.69) is 15.5 Å². The van der Waals surface area contributed by atoms with E-state index < -0.39 is 52.2 Å². The van der Waals surface area contributed by atoms with E-state index in [1.165, 1.54) is 12.1 Å². The Morgan fingerprint density at radius 1 is 0.932 bits per heavy atom. The number of nitrogens with one attached hydrogen (secondary N) is 2. The quantitative estimate of drug-likeness (QED) is 0.243. The fourth-order valence-corrected chi connectivity index (χ4v) is 9.89. The first-order valence-electron chi connectivity index (χ1n) is 19.5. The highest BCUT2D eigenvalue weighted by Crippen LogP contribution is 2.56. The molecule has 3 aromatic carbocycles. The second-order valence-electron chi connectivity index (χ2n) is 17.1. The second kappa shape index (κ2) is 14.8. The van der Waals surface area contributed by atoms with Gasteiger partial charge in [-0.3, -0.25) is 43.9 Å². The molecule has 8 rings (SSSR count). The molecule has 0 radical (unpaired) electrons. The SMILES string of the molecule is [C-]#[N+]c1ccc(OC2C(C)(C)C(NC(=O)c3ccc(N4CCN(CC(=O)N5Cc6cc7c(cc6C5)C(=O)N(C5CCC(=O)NC5=O)C7=O)CC4)cc3F)C2(C)C)cc1Cl. The average molecular weight is 824 g/mol. The number of imide groups is 2. The van der Waals surface area contributed by atoms with E-state index in [9.17, 15) is 28.8 Å². The molecule has 2 saturated heterocycles. The van der Waals surface area contributed by atoms with Crippen LogP contribution in [0.4, 0.5) is 15.8 Å². The van der Waals surface area contributed by atoms with Crippen molar-refractivity contribution in [3.05, 3.63) is 98.6 Å². The Bertz CT molecular complexity index is 2330. The number of ether oxygens (including phenoxy) is 1. The molecular weight excluding hydrogens is 781 g/mol. The Morgan fingerprint density at radius 3 is 2.15 bits per heavy atom. The van der Waals surface area contributed by atoms with E-state index in [1.54, 1.807) is 41.3 Å². The Balaban J connectivity index is 0.830. The van der Waals surface area contributed by atoms with Crippen molar-refractivity contribution >= 4 is 58.4 Å². The van der Waals surface area contributed by atoms with Gasteiger partial charge < -0.3 is 19.9 Å². The monoisotopic (exact) mass is 823 g/mol. The van der Waals surface area contributed by atoms with Gasteiger partial charge in [0.15, 0.2) is 0 Å². The van der Waals surface area contributed by atoms with Crippen LogP contribution < -0.4 is 20.3 Å². The van der Waals surface area contributed by atoms with Crippen molar-refractivity contribution in [2.75, 3.05) is 37.6 Å². The van der Waals surface area contributed by atoms with Gasteiger partial charge in [-0.05, 0) is 60.0 Å². The number of rotatable bonds is 8. The van der Waals surface area contributed by atoms with Crippen LogP contribution in [0.1, 0.15) is 82.7 Å². The van der Waals surface area contributed by atoms with Crippen LogP contribution in [0.15, 0.2) is 48.5 Å². The normalized spacial score (nSPS) is 23.3. The molecule has 4 aliphatic heterocycles. The molecule has 4 heterocycles. The molecular formula is C43H43ClFN7O7. The minimum Gasteiger partial charge on any atom is -0.489 e. The van der Waals surface area contributed by atoms with E-state index in [4.69, 9.17) is 22.9 Å². The number of carbonyl (C=O) groups excluding carboxylic acids is 6. The van der Waals surface area contributed by atoms with Gasteiger partial charge >= 0.3 is 0 Å². The molecule has 3 fully saturated rings. The van der Waals surface area contributed by atoms with Crippen LogP contribution in [0.3, 0.4) is 0 Å². The molecule has 6 amide bonds. The molecule has 306 valence electrons. The Kier molecular flexibility index (Phi) is 9.99. The molecule has 14 nitrogen and oxygen atoms in total. The first-order valence-corrected chi connectivity index (χ1v) is 19.9. The van der Waals surface area contributed by atoms with Gasteiger partial charge in [0.2, 0.25) is 23.4 Å². The minimum absolute atomic E-state index is 0.0387. The summed E-state index contributed by atoms with van der Waals surface area (Å²) in [4.78, 5) is 87.5. The van der Waals surface area contributed by atoms with E-state index in [-0.39, 0.29) is 67.2 Å². The summed E-state index contributed by atoms with van der Waals surface area (Å²) in [5, 5.41) is 5.54. The van der Waals surface area contributed by atoms with Crippen molar-refractivity contribution in [3.63, 3.8) is 0 Å². The van der Waals surface area contributed by atoms with Gasteiger partial charge in [-0.15, -0.1) is 0 Å². The maximum atomic E-state index is 15.6. The van der Waals surface area contributed by atoms with Gasteiger partial charge in [0.05, 0.1) is 34.8 Å². The molecule has 0 spiro atoms. The first kappa shape index (κ1) is 40.0. The Morgan fingerprint density at radius 2 is 1.58 bits per heavy atom. The van der Waals surface area contributed by atoms with Crippen molar-refractivity contribution < 1.29 is 37.9 Å². The van der Waals surface area contributed by atoms with E-state index in [0.29, 0.717) is 48.3 Å². The summed E-state index contributed by atoms with van der Waals surface area (Å²) >= 11 is 6.23. The van der Waals surface area contributed by atoms with Crippen molar-refractivity contribution in [1.29, 1.82) is 0 Å². The molecule has 16 heteroatoms. The van der Waals surface area contributed by atoms with Gasteiger partial charge in [0, 0.05) is 68.2 Å². The van der Waals surface area contributed by atoms with Crippen LogP contribution in [-0.4, -0.2) is 101 Å². The maximum absolute atomic E-state index is 15.6. The molecule has 2 N–H and O–H groups in total. The summed E-state index contributed by atoms with van der Waals surface area (Å²) in [5.41, 5.74) is 1.78. The van der Waals surface area contributed by atoms with Crippen molar-refractivity contribution in [1.82, 2.24) is 25.3 Å². The highest BCUT2D eigenvalue weighted by Gasteiger charge is 2.64. The molecule has 1 atom stereocenters. The lowest BCUT2D eigenvalue weighted by Gasteiger charge is -2.63. The fraction of sp³-hybridized carbons (Fsp3) is 0.419. The van der Waals surface area contributed by atoms with Gasteiger partial charge in [-0.2, -0.15) is 0 Å². The Labute approximate surface area is 345 Å². The third kappa shape index (κ3) is 6.97. The number of anilines is 1. The standard InChI is InChI=1S/C43H43ClFN7O7/c1-42(2)40(43(3,4)41(42)59-26-7-9-32(46-5)30(44)19-26)48-36(55)27-8-6-25(18-31(27)45)50-14-12-49(13-15-50)22-35(54)51-20-23-16-28-29(17-24(23)21-51)39(58)52(38(28)57)33-10-11-34(53)47-37(33)56/h6-9,16-19,33,40-41H,10-15,20-22H2,1-4H3,(H,48,55)(H,47,53,56). The predicted molar refractivity (Wildman–Crippen MR) is 213 cm³/mol. The summed E-state index contributed by atoms with van der Waals surface area (Å²) in [7, 11) is 0. The van der Waals surface area contributed by atoms with Crippen molar-refractivity contribution in [2.24, 2.45) is 10.8 Å². The summed E-state index contributed by atoms with van der Waals surface area (Å²) in [6.07, 6.45) is -0.187. The number of piperazine rings is 1. The zero-order chi connectivity index (χ0) is 42.1. The number of hydrogen-bond acceptors (Lipinski definition) is 9. The zero-order valence-corrected chi connectivity index (χ0v) is 33.8. The van der Waals surface area contributed by atoms with Crippen LogP contribution in [0.25, 0.3) is 4.85 Å². The summed E-state index contributed by atoms with van der Waals surface area (Å²) in [5.74, 6) is -3.01. The van der Waals surface area contributed by atoms with Gasteiger partial charge in [0.1, 0.15) is 23.7 Å². The molecule has 5 aliphatic rings. The average Bonchev–Trinajstić information content (AvgIpc) is 3.72. The van der Waals surface area contributed by atoms with E-state index in [0.717, 1.165) is 16.0 Å². The maximum Gasteiger partial charge on any atom is 0.262 e. The first-order chi connectivity index (χ1) is 28.0. The molecule has 0 bridgehead atoms. The highest BCUT2D eigenvalue weighted by atomic mass is 35.5. The summed E-state index contributed by atoms with van der Waals surface area (Å²) in [6, 6.07) is 11.4. The van der Waals surface area contributed by atoms with Crippen LogP contribution in [0.2, 0.25) is 5.02 Å². The van der Waals surface area contributed by atoms with Gasteiger partial charge in [0.25, 0.3) is 17.7 Å². The largest absolute Gasteiger partial charge is 0.489 e. The number of fused-ring (bicyclic) bond motifs is 2. The minimum atomic E-state index is -1.04. The molecule has 1 unspecified atom stereocenters. The van der Waals surface area contributed by atoms with Crippen molar-refractivity contribution in [2.45, 2.75) is 71.8 Å². The van der Waals surface area contributed by atoms with Crippen LogP contribution in [0.5, 0.6) is 5.75 Å². The number of piperidine rings is 1. The lowest BCUT2D eigenvalue weighted by atomic mass is 9.49. The second-order valence-corrected chi connectivity index (χ2v) is 17.5. The highest BCUT2D eigenvalue weighted by molar-refractivity contribution is 6.33. The fourth-order valence-electron chi connectivity index (χ4n) is 9.68. The molecule has 0 aromatic heterocycles. The lowest BCUT2D eigenvalue weighted by molar-refractivity contribution is -0.164. The van der Waals surface area contributed by atoms with E-state index in [1.807, 2.05) is 37.5 Å². The molecule has 3 aromatic rings. The number of halogens is 2. The number of carbonyl (C=O) groups is 6. The number of amides is 6. The third-order valence-corrected chi connectivity index (χ3v) is 12.8. The third-order valence-electron chi connectivity index (χ3n) is 12.5. The number of nitrogens with zero attached hydrogens (tertiary/aromatic N) is 5. The van der Waals surface area contributed by atoms with Crippen LogP contribution in [-0.2, 0) is 27.5 Å². The van der Waals surface area contributed by atoms with Gasteiger partial charge in [-0.1, -0.05) is 45.4 Å². The smallest absolute Gasteiger partial charge is 0.262 e. The number of benzene rings is 3. The molecule has 1 aliphatic carbocycles. The van der Waals surface area contributed by atoms with E-state index >= 15 is 4.39 Å². The number of hydrogen-bond donors (Lipinski definition) is 2. The van der Waals surface area contributed by atoms with Crippen molar-refractivity contribution in [3.8, 4) is 5.75 Å². The Hall–Kier alpha value is -5.85. The predicted octanol–water partition coefficient (Wildman–Crippen LogP) is 4.71. The van der Waals surface area contributed by atoms with Crippen LogP contribution in [0, 0.1) is 23.2 Å². The topological polar surface area (TPSA) is 153 Å². The summed E-state index contributed by atoms with van der Waals surface area (Å²) < 4.78 is 21.9. The molecule has 1 saturated carbocycles.